The van der Waals surface area contributed by atoms with Gasteiger partial charge in [0, 0.05) is 17.5 Å². The Morgan fingerprint density at radius 2 is 2.12 bits per heavy atom. The Balaban J connectivity index is 1.70. The second kappa shape index (κ2) is 7.11. The first-order valence-electron chi connectivity index (χ1n) is 7.71. The Hall–Kier alpha value is -2.24. The maximum absolute atomic E-state index is 12.3. The summed E-state index contributed by atoms with van der Waals surface area (Å²) in [4.78, 5) is 12.3. The van der Waals surface area contributed by atoms with Crippen LogP contribution in [0, 0.1) is 0 Å². The fourth-order valence-corrected chi connectivity index (χ4v) is 2.97. The van der Waals surface area contributed by atoms with Crippen molar-refractivity contribution in [3.8, 4) is 11.5 Å². The van der Waals surface area contributed by atoms with E-state index in [1.54, 1.807) is 42.5 Å². The quantitative estimate of drug-likeness (QED) is 0.797. The van der Waals surface area contributed by atoms with Crippen LogP contribution in [-0.4, -0.2) is 28.8 Å². The Labute approximate surface area is 144 Å². The summed E-state index contributed by atoms with van der Waals surface area (Å²) >= 11 is 5.90. The highest BCUT2D eigenvalue weighted by Crippen LogP contribution is 2.28. The summed E-state index contributed by atoms with van der Waals surface area (Å²) in [5, 5.41) is 23.1. The van der Waals surface area contributed by atoms with Crippen LogP contribution in [0.1, 0.15) is 23.7 Å². The smallest absolute Gasteiger partial charge is 0.253 e. The monoisotopic (exact) mass is 347 g/mol. The summed E-state index contributed by atoms with van der Waals surface area (Å²) in [6.45, 7) is 0.454. The number of carbonyl (C=O) groups excluding carboxylic acids is 1. The maximum Gasteiger partial charge on any atom is 0.253 e. The van der Waals surface area contributed by atoms with E-state index in [1.165, 1.54) is 0 Å². The highest BCUT2D eigenvalue weighted by atomic mass is 35.5. The molecule has 0 fully saturated rings. The number of fused-ring (bicyclic) bond motifs is 1. The van der Waals surface area contributed by atoms with Crippen LogP contribution in [0.4, 0.5) is 0 Å². The molecule has 1 amide bonds. The molecule has 2 unspecified atom stereocenters. The van der Waals surface area contributed by atoms with E-state index in [0.29, 0.717) is 35.8 Å². The summed E-state index contributed by atoms with van der Waals surface area (Å²) in [6, 6.07) is 11.3. The minimum Gasteiger partial charge on any atom is -0.508 e. The zero-order chi connectivity index (χ0) is 17.1. The number of aliphatic hydroxyl groups is 1. The molecule has 0 spiro atoms. The number of carbonyl (C=O) groups is 1. The fourth-order valence-electron chi connectivity index (χ4n) is 2.78. The zero-order valence-corrected chi connectivity index (χ0v) is 13.7. The molecule has 0 radical (unpaired) electrons. The maximum atomic E-state index is 12.3. The molecule has 0 bridgehead atoms. The fraction of sp³-hybridized carbons (Fsp3) is 0.278. The molecular formula is C18H18ClNO4. The van der Waals surface area contributed by atoms with Gasteiger partial charge in [-0.15, -0.1) is 0 Å². The minimum absolute atomic E-state index is 0.156. The number of aromatic hydroxyl groups is 1. The molecule has 1 heterocycles. The minimum atomic E-state index is -1.28. The Kier molecular flexibility index (Phi) is 4.92. The third-order valence-electron chi connectivity index (χ3n) is 3.99. The molecule has 0 aliphatic carbocycles. The van der Waals surface area contributed by atoms with Crippen molar-refractivity contribution >= 4 is 17.5 Å². The third-order valence-corrected chi connectivity index (χ3v) is 4.23. The van der Waals surface area contributed by atoms with E-state index in [0.717, 1.165) is 5.56 Å². The van der Waals surface area contributed by atoms with Crippen molar-refractivity contribution in [2.75, 3.05) is 6.61 Å². The average Bonchev–Trinajstić information content (AvgIpc) is 2.75. The van der Waals surface area contributed by atoms with Gasteiger partial charge in [0.15, 0.2) is 6.10 Å². The summed E-state index contributed by atoms with van der Waals surface area (Å²) < 4.78 is 5.63. The summed E-state index contributed by atoms with van der Waals surface area (Å²) in [6.07, 6.45) is -0.141. The number of aliphatic hydroxyl groups excluding tert-OH is 1. The standard InChI is InChI=1S/C18H18ClNO4/c19-13-3-1-2-11(8-13)17(22)18(23)20-14-6-7-24-16-5-4-15(21)10-12(16)9-14/h1-5,8,10,14,17,21-22H,6-7,9H2,(H,20,23). The van der Waals surface area contributed by atoms with Crippen LogP contribution < -0.4 is 10.1 Å². The van der Waals surface area contributed by atoms with E-state index in [9.17, 15) is 15.0 Å². The second-order valence-corrected chi connectivity index (χ2v) is 6.23. The molecule has 126 valence electrons. The van der Waals surface area contributed by atoms with E-state index >= 15 is 0 Å². The first-order valence-corrected chi connectivity index (χ1v) is 8.09. The van der Waals surface area contributed by atoms with Gasteiger partial charge in [-0.2, -0.15) is 0 Å². The lowest BCUT2D eigenvalue weighted by atomic mass is 10.0. The van der Waals surface area contributed by atoms with Crippen LogP contribution in [0.25, 0.3) is 0 Å². The molecule has 3 rings (SSSR count). The van der Waals surface area contributed by atoms with Crippen molar-refractivity contribution in [1.29, 1.82) is 0 Å². The van der Waals surface area contributed by atoms with E-state index in [-0.39, 0.29) is 11.8 Å². The van der Waals surface area contributed by atoms with Crippen molar-refractivity contribution < 1.29 is 19.7 Å². The van der Waals surface area contributed by atoms with E-state index < -0.39 is 12.0 Å². The van der Waals surface area contributed by atoms with Crippen LogP contribution in [-0.2, 0) is 11.2 Å². The van der Waals surface area contributed by atoms with Crippen molar-refractivity contribution in [3.63, 3.8) is 0 Å². The van der Waals surface area contributed by atoms with Gasteiger partial charge in [0.1, 0.15) is 11.5 Å². The van der Waals surface area contributed by atoms with Gasteiger partial charge in [-0.1, -0.05) is 23.7 Å². The molecule has 3 N–H and O–H groups in total. The van der Waals surface area contributed by atoms with Gasteiger partial charge in [-0.3, -0.25) is 4.79 Å². The first-order chi connectivity index (χ1) is 11.5. The number of phenols is 1. The summed E-state index contributed by atoms with van der Waals surface area (Å²) in [5.74, 6) is 0.383. The SMILES string of the molecule is O=C(NC1CCOc2ccc(O)cc2C1)C(O)c1cccc(Cl)c1. The van der Waals surface area contributed by atoms with Crippen LogP contribution in [0.3, 0.4) is 0 Å². The first kappa shape index (κ1) is 16.6. The van der Waals surface area contributed by atoms with E-state index in [2.05, 4.69) is 5.32 Å². The van der Waals surface area contributed by atoms with Crippen LogP contribution >= 0.6 is 11.6 Å². The number of phenolic OH excluding ortho intramolecular Hbond substituents is 1. The molecule has 2 atom stereocenters. The number of amides is 1. The van der Waals surface area contributed by atoms with Crippen LogP contribution in [0.5, 0.6) is 11.5 Å². The van der Waals surface area contributed by atoms with Crippen molar-refractivity contribution in [1.82, 2.24) is 5.32 Å². The average molecular weight is 348 g/mol. The number of rotatable bonds is 3. The lowest BCUT2D eigenvalue weighted by molar-refractivity contribution is -0.130. The summed E-state index contributed by atoms with van der Waals surface area (Å²) in [7, 11) is 0. The van der Waals surface area contributed by atoms with Crippen molar-refractivity contribution in [2.45, 2.75) is 25.0 Å². The van der Waals surface area contributed by atoms with Gasteiger partial charge in [0.2, 0.25) is 0 Å². The van der Waals surface area contributed by atoms with Gasteiger partial charge in [0.05, 0.1) is 6.61 Å². The van der Waals surface area contributed by atoms with E-state index in [4.69, 9.17) is 16.3 Å². The second-order valence-electron chi connectivity index (χ2n) is 5.80. The molecule has 1 aliphatic rings. The van der Waals surface area contributed by atoms with Gasteiger partial charge < -0.3 is 20.3 Å². The number of hydrogen-bond donors (Lipinski definition) is 3. The molecule has 2 aromatic carbocycles. The molecule has 24 heavy (non-hydrogen) atoms. The molecule has 0 aromatic heterocycles. The molecule has 0 saturated carbocycles. The van der Waals surface area contributed by atoms with Crippen LogP contribution in [0.15, 0.2) is 42.5 Å². The van der Waals surface area contributed by atoms with Crippen LogP contribution in [0.2, 0.25) is 5.02 Å². The number of nitrogens with one attached hydrogen (secondary N) is 1. The highest BCUT2D eigenvalue weighted by molar-refractivity contribution is 6.30. The molecule has 0 saturated heterocycles. The Bertz CT molecular complexity index is 750. The van der Waals surface area contributed by atoms with Gasteiger partial charge >= 0.3 is 0 Å². The van der Waals surface area contributed by atoms with Gasteiger partial charge in [-0.25, -0.2) is 0 Å². The lowest BCUT2D eigenvalue weighted by Gasteiger charge is -2.19. The normalized spacial score (nSPS) is 18.0. The molecular weight excluding hydrogens is 330 g/mol. The third kappa shape index (κ3) is 3.80. The van der Waals surface area contributed by atoms with Gasteiger partial charge in [0.25, 0.3) is 5.91 Å². The number of halogens is 1. The topological polar surface area (TPSA) is 78.8 Å². The molecule has 6 heteroatoms. The lowest BCUT2D eigenvalue weighted by Crippen LogP contribution is -2.39. The van der Waals surface area contributed by atoms with Crippen molar-refractivity contribution in [2.24, 2.45) is 0 Å². The molecule has 5 nitrogen and oxygen atoms in total. The van der Waals surface area contributed by atoms with Gasteiger partial charge in [-0.05, 0) is 47.9 Å². The summed E-state index contributed by atoms with van der Waals surface area (Å²) in [5.41, 5.74) is 1.28. The number of benzene rings is 2. The zero-order valence-electron chi connectivity index (χ0n) is 12.9. The largest absolute Gasteiger partial charge is 0.508 e. The number of ether oxygens (including phenoxy) is 1. The number of hydrogen-bond acceptors (Lipinski definition) is 4. The molecule has 2 aromatic rings. The van der Waals surface area contributed by atoms with Crippen molar-refractivity contribution in [3.05, 3.63) is 58.6 Å². The Morgan fingerprint density at radius 3 is 2.92 bits per heavy atom. The Morgan fingerprint density at radius 1 is 1.29 bits per heavy atom. The highest BCUT2D eigenvalue weighted by Gasteiger charge is 2.24. The molecule has 1 aliphatic heterocycles. The van der Waals surface area contributed by atoms with E-state index in [1.807, 2.05) is 0 Å². The predicted octanol–water partition coefficient (Wildman–Crippen LogP) is 2.59. The predicted molar refractivity (Wildman–Crippen MR) is 90.3 cm³/mol.